The first kappa shape index (κ1) is 14.2. The quantitative estimate of drug-likeness (QED) is 0.805. The molecule has 2 unspecified atom stereocenters. The third kappa shape index (κ3) is 2.69. The number of nitrogens with zero attached hydrogens (tertiary/aromatic N) is 1. The van der Waals surface area contributed by atoms with Crippen LogP contribution in [0.4, 0.5) is 0 Å². The van der Waals surface area contributed by atoms with Crippen molar-refractivity contribution in [2.24, 2.45) is 5.92 Å². The predicted molar refractivity (Wildman–Crippen MR) is 77.7 cm³/mol. The molecule has 1 heterocycles. The van der Waals surface area contributed by atoms with Crippen LogP contribution < -0.4 is 5.32 Å². The molecule has 18 heavy (non-hydrogen) atoms. The number of hydrogen-bond acceptors (Lipinski definition) is 3. The minimum Gasteiger partial charge on any atom is -0.323 e. The van der Waals surface area contributed by atoms with E-state index in [0.717, 1.165) is 31.4 Å². The number of amides is 1. The highest BCUT2D eigenvalue weighted by Crippen LogP contribution is 2.44. The first-order valence-electron chi connectivity index (χ1n) is 7.09. The van der Waals surface area contributed by atoms with Gasteiger partial charge in [0.05, 0.1) is 11.7 Å². The Balaban J connectivity index is 2.05. The molecule has 2 rings (SSSR count). The second kappa shape index (κ2) is 5.41. The molecule has 0 aromatic heterocycles. The fourth-order valence-corrected chi connectivity index (χ4v) is 3.45. The van der Waals surface area contributed by atoms with E-state index in [4.69, 9.17) is 0 Å². The standard InChI is InChI=1S/C14H26N2OS/c1-10(2)9-12-15-14(6-7-14)13(17)16(12)11(3)5-8-18-4/h10-12,15H,5-9H2,1-4H3. The van der Waals surface area contributed by atoms with Crippen LogP contribution >= 0.6 is 11.8 Å². The van der Waals surface area contributed by atoms with Crippen LogP contribution in [0.1, 0.15) is 46.5 Å². The molecule has 0 bridgehead atoms. The summed E-state index contributed by atoms with van der Waals surface area (Å²) >= 11 is 1.86. The Hall–Kier alpha value is -0.220. The molecule has 1 amide bonds. The molecule has 2 fully saturated rings. The van der Waals surface area contributed by atoms with Gasteiger partial charge < -0.3 is 4.90 Å². The average Bonchev–Trinajstić information content (AvgIpc) is 3.00. The van der Waals surface area contributed by atoms with E-state index in [1.165, 1.54) is 0 Å². The van der Waals surface area contributed by atoms with Crippen molar-refractivity contribution in [3.05, 3.63) is 0 Å². The van der Waals surface area contributed by atoms with Crippen LogP contribution in [0.15, 0.2) is 0 Å². The van der Waals surface area contributed by atoms with Gasteiger partial charge in [0.1, 0.15) is 0 Å². The summed E-state index contributed by atoms with van der Waals surface area (Å²) in [5.74, 6) is 2.12. The SMILES string of the molecule is CSCCC(C)N1C(=O)C2(CC2)NC1CC(C)C. The molecule has 1 aliphatic heterocycles. The molecule has 2 atom stereocenters. The van der Waals surface area contributed by atoms with Gasteiger partial charge in [-0.1, -0.05) is 13.8 Å². The fraction of sp³-hybridized carbons (Fsp3) is 0.929. The van der Waals surface area contributed by atoms with E-state index in [1.54, 1.807) is 0 Å². The Morgan fingerprint density at radius 2 is 2.11 bits per heavy atom. The molecule has 0 aromatic rings. The lowest BCUT2D eigenvalue weighted by Gasteiger charge is -2.31. The zero-order chi connectivity index (χ0) is 13.3. The summed E-state index contributed by atoms with van der Waals surface area (Å²) in [7, 11) is 0. The first-order chi connectivity index (χ1) is 8.50. The fourth-order valence-electron chi connectivity index (χ4n) is 2.88. The maximum atomic E-state index is 12.5. The van der Waals surface area contributed by atoms with Gasteiger partial charge in [-0.2, -0.15) is 11.8 Å². The Labute approximate surface area is 115 Å². The summed E-state index contributed by atoms with van der Waals surface area (Å²) in [6, 6.07) is 0.362. The highest BCUT2D eigenvalue weighted by molar-refractivity contribution is 7.98. The van der Waals surface area contributed by atoms with Crippen molar-refractivity contribution in [1.82, 2.24) is 10.2 Å². The van der Waals surface area contributed by atoms with Gasteiger partial charge in [0, 0.05) is 6.04 Å². The zero-order valence-corrected chi connectivity index (χ0v) is 12.8. The zero-order valence-electron chi connectivity index (χ0n) is 12.0. The van der Waals surface area contributed by atoms with E-state index in [2.05, 4.69) is 37.2 Å². The monoisotopic (exact) mass is 270 g/mol. The third-order valence-corrected chi connectivity index (χ3v) is 4.73. The number of carbonyl (C=O) groups excluding carboxylic acids is 1. The van der Waals surface area contributed by atoms with E-state index in [-0.39, 0.29) is 11.7 Å². The van der Waals surface area contributed by atoms with Gasteiger partial charge in [-0.05, 0) is 50.5 Å². The molecule has 0 radical (unpaired) electrons. The van der Waals surface area contributed by atoms with E-state index in [1.807, 2.05) is 11.8 Å². The van der Waals surface area contributed by atoms with Crippen LogP contribution in [0, 0.1) is 5.92 Å². The molecule has 1 aliphatic carbocycles. The number of nitrogens with one attached hydrogen (secondary N) is 1. The number of rotatable bonds is 6. The summed E-state index contributed by atoms with van der Waals surface area (Å²) in [6.07, 6.45) is 6.62. The van der Waals surface area contributed by atoms with E-state index in [9.17, 15) is 4.79 Å². The molecule has 3 nitrogen and oxygen atoms in total. The molecule has 1 saturated carbocycles. The van der Waals surface area contributed by atoms with Crippen molar-refractivity contribution >= 4 is 17.7 Å². The van der Waals surface area contributed by atoms with Gasteiger partial charge in [-0.15, -0.1) is 0 Å². The summed E-state index contributed by atoms with van der Waals surface area (Å²) in [5, 5.41) is 3.60. The Bertz CT molecular complexity index is 315. The summed E-state index contributed by atoms with van der Waals surface area (Å²) in [6.45, 7) is 6.66. The third-order valence-electron chi connectivity index (χ3n) is 4.08. The lowest BCUT2D eigenvalue weighted by atomic mass is 10.1. The highest BCUT2D eigenvalue weighted by Gasteiger charge is 2.59. The van der Waals surface area contributed by atoms with Crippen LogP contribution in [-0.2, 0) is 4.79 Å². The van der Waals surface area contributed by atoms with E-state index < -0.39 is 0 Å². The molecule has 1 N–H and O–H groups in total. The second-order valence-corrected chi connectivity index (χ2v) is 7.20. The molecule has 4 heteroatoms. The van der Waals surface area contributed by atoms with Crippen LogP contribution in [-0.4, -0.2) is 40.6 Å². The molecule has 1 spiro atoms. The molecule has 104 valence electrons. The molecule has 1 saturated heterocycles. The van der Waals surface area contributed by atoms with Crippen molar-refractivity contribution in [2.45, 2.75) is 64.2 Å². The van der Waals surface area contributed by atoms with Gasteiger partial charge in [0.15, 0.2) is 0 Å². The van der Waals surface area contributed by atoms with Crippen molar-refractivity contribution in [3.8, 4) is 0 Å². The van der Waals surface area contributed by atoms with E-state index in [0.29, 0.717) is 17.9 Å². The lowest BCUT2D eigenvalue weighted by molar-refractivity contribution is -0.132. The highest BCUT2D eigenvalue weighted by atomic mass is 32.2. The minimum atomic E-state index is -0.160. The van der Waals surface area contributed by atoms with Crippen LogP contribution in [0.2, 0.25) is 0 Å². The largest absolute Gasteiger partial charge is 0.323 e. The maximum Gasteiger partial charge on any atom is 0.244 e. The van der Waals surface area contributed by atoms with Crippen molar-refractivity contribution < 1.29 is 4.79 Å². The number of thioether (sulfide) groups is 1. The van der Waals surface area contributed by atoms with Crippen molar-refractivity contribution in [3.63, 3.8) is 0 Å². The predicted octanol–water partition coefficient (Wildman–Crippen LogP) is 2.46. The molecule has 0 aromatic carbocycles. The van der Waals surface area contributed by atoms with Gasteiger partial charge in [-0.25, -0.2) is 0 Å². The Morgan fingerprint density at radius 3 is 2.61 bits per heavy atom. The van der Waals surface area contributed by atoms with Gasteiger partial charge in [0.2, 0.25) is 5.91 Å². The van der Waals surface area contributed by atoms with Gasteiger partial charge in [0.25, 0.3) is 0 Å². The van der Waals surface area contributed by atoms with Crippen LogP contribution in [0.5, 0.6) is 0 Å². The normalized spacial score (nSPS) is 27.3. The van der Waals surface area contributed by atoms with Gasteiger partial charge in [-0.3, -0.25) is 10.1 Å². The lowest BCUT2D eigenvalue weighted by Crippen LogP contribution is -2.44. The van der Waals surface area contributed by atoms with Crippen LogP contribution in [0.3, 0.4) is 0 Å². The minimum absolute atomic E-state index is 0.160. The van der Waals surface area contributed by atoms with Crippen LogP contribution in [0.25, 0.3) is 0 Å². The second-order valence-electron chi connectivity index (χ2n) is 6.21. The van der Waals surface area contributed by atoms with Gasteiger partial charge >= 0.3 is 0 Å². The molecular formula is C14H26N2OS. The Morgan fingerprint density at radius 1 is 1.44 bits per heavy atom. The van der Waals surface area contributed by atoms with Crippen molar-refractivity contribution in [2.75, 3.05) is 12.0 Å². The maximum absolute atomic E-state index is 12.5. The summed E-state index contributed by atoms with van der Waals surface area (Å²) < 4.78 is 0. The first-order valence-corrected chi connectivity index (χ1v) is 8.49. The molecule has 2 aliphatic rings. The number of carbonyl (C=O) groups is 1. The summed E-state index contributed by atoms with van der Waals surface area (Å²) in [4.78, 5) is 14.7. The van der Waals surface area contributed by atoms with E-state index >= 15 is 0 Å². The topological polar surface area (TPSA) is 32.3 Å². The Kier molecular flexibility index (Phi) is 4.27. The molecular weight excluding hydrogens is 244 g/mol. The van der Waals surface area contributed by atoms with Crippen molar-refractivity contribution in [1.29, 1.82) is 0 Å². The number of hydrogen-bond donors (Lipinski definition) is 1. The average molecular weight is 270 g/mol. The summed E-state index contributed by atoms with van der Waals surface area (Å²) in [5.41, 5.74) is -0.160. The smallest absolute Gasteiger partial charge is 0.244 e.